The standard InChI is InChI=1S/C10H11Br2NO2/c11-4-1-5-13-10(15)7-2-3-8(12)9(14)6-7/h2-3,6,14H,1,4-5H2,(H,13,15). The Labute approximate surface area is 105 Å². The number of hydrogen-bond acceptors (Lipinski definition) is 2. The Bertz CT molecular complexity index is 355. The molecular formula is C10H11Br2NO2. The summed E-state index contributed by atoms with van der Waals surface area (Å²) >= 11 is 6.43. The average Bonchev–Trinajstić information content (AvgIpc) is 2.22. The van der Waals surface area contributed by atoms with Crippen molar-refractivity contribution >= 4 is 37.8 Å². The quantitative estimate of drug-likeness (QED) is 0.656. The van der Waals surface area contributed by atoms with Crippen LogP contribution in [-0.4, -0.2) is 22.9 Å². The van der Waals surface area contributed by atoms with Gasteiger partial charge in [-0.3, -0.25) is 4.79 Å². The van der Waals surface area contributed by atoms with Gasteiger partial charge in [0.15, 0.2) is 0 Å². The predicted octanol–water partition coefficient (Wildman–Crippen LogP) is 2.67. The summed E-state index contributed by atoms with van der Waals surface area (Å²) in [4.78, 5) is 11.5. The molecule has 1 amide bonds. The largest absolute Gasteiger partial charge is 0.507 e. The third-order valence-corrected chi connectivity index (χ3v) is 3.04. The van der Waals surface area contributed by atoms with Crippen LogP contribution in [-0.2, 0) is 0 Å². The van der Waals surface area contributed by atoms with E-state index in [1.165, 1.54) is 6.07 Å². The van der Waals surface area contributed by atoms with Crippen LogP contribution in [0.1, 0.15) is 16.8 Å². The van der Waals surface area contributed by atoms with Gasteiger partial charge in [0.2, 0.25) is 0 Å². The molecule has 2 N–H and O–H groups in total. The number of aromatic hydroxyl groups is 1. The first kappa shape index (κ1) is 12.5. The van der Waals surface area contributed by atoms with E-state index in [0.717, 1.165) is 11.8 Å². The molecule has 0 fully saturated rings. The van der Waals surface area contributed by atoms with Crippen molar-refractivity contribution < 1.29 is 9.90 Å². The molecule has 0 radical (unpaired) electrons. The van der Waals surface area contributed by atoms with Gasteiger partial charge in [-0.15, -0.1) is 0 Å². The summed E-state index contributed by atoms with van der Waals surface area (Å²) in [6.07, 6.45) is 0.883. The summed E-state index contributed by atoms with van der Waals surface area (Å²) in [5, 5.41) is 13.0. The Morgan fingerprint density at radius 2 is 2.20 bits per heavy atom. The van der Waals surface area contributed by atoms with Gasteiger partial charge in [-0.25, -0.2) is 0 Å². The Kier molecular flexibility index (Phi) is 5.11. The summed E-state index contributed by atoms with van der Waals surface area (Å²) in [6.45, 7) is 0.626. The highest BCUT2D eigenvalue weighted by Crippen LogP contribution is 2.24. The summed E-state index contributed by atoms with van der Waals surface area (Å²) in [5.41, 5.74) is 0.463. The molecular weight excluding hydrogens is 326 g/mol. The van der Waals surface area contributed by atoms with Crippen LogP contribution >= 0.6 is 31.9 Å². The molecule has 0 aromatic heterocycles. The van der Waals surface area contributed by atoms with Gasteiger partial charge in [-0.2, -0.15) is 0 Å². The monoisotopic (exact) mass is 335 g/mol. The zero-order valence-corrected chi connectivity index (χ0v) is 11.1. The van der Waals surface area contributed by atoms with E-state index in [0.29, 0.717) is 16.6 Å². The highest BCUT2D eigenvalue weighted by molar-refractivity contribution is 9.10. The van der Waals surface area contributed by atoms with Crippen molar-refractivity contribution in [2.24, 2.45) is 0 Å². The zero-order chi connectivity index (χ0) is 11.3. The molecule has 0 saturated carbocycles. The topological polar surface area (TPSA) is 49.3 Å². The van der Waals surface area contributed by atoms with Crippen LogP contribution in [0.4, 0.5) is 0 Å². The van der Waals surface area contributed by atoms with Crippen molar-refractivity contribution in [1.29, 1.82) is 0 Å². The number of alkyl halides is 1. The molecule has 0 unspecified atom stereocenters. The van der Waals surface area contributed by atoms with Crippen LogP contribution in [0.25, 0.3) is 0 Å². The highest BCUT2D eigenvalue weighted by atomic mass is 79.9. The average molecular weight is 337 g/mol. The fourth-order valence-electron chi connectivity index (χ4n) is 1.02. The molecule has 0 bridgehead atoms. The number of amides is 1. The lowest BCUT2D eigenvalue weighted by molar-refractivity contribution is 0.0953. The fourth-order valence-corrected chi connectivity index (χ4v) is 1.55. The number of phenols is 1. The first-order chi connectivity index (χ1) is 7.15. The smallest absolute Gasteiger partial charge is 0.251 e. The molecule has 5 heteroatoms. The second kappa shape index (κ2) is 6.12. The first-order valence-corrected chi connectivity index (χ1v) is 6.39. The maximum absolute atomic E-state index is 11.5. The van der Waals surface area contributed by atoms with E-state index in [-0.39, 0.29) is 11.7 Å². The molecule has 0 atom stereocenters. The van der Waals surface area contributed by atoms with Crippen molar-refractivity contribution in [3.63, 3.8) is 0 Å². The number of rotatable bonds is 4. The maximum Gasteiger partial charge on any atom is 0.251 e. The van der Waals surface area contributed by atoms with E-state index in [4.69, 9.17) is 0 Å². The summed E-state index contributed by atoms with van der Waals surface area (Å²) in [6, 6.07) is 4.75. The number of benzene rings is 1. The van der Waals surface area contributed by atoms with Gasteiger partial charge >= 0.3 is 0 Å². The fraction of sp³-hybridized carbons (Fsp3) is 0.300. The maximum atomic E-state index is 11.5. The van der Waals surface area contributed by atoms with Crippen LogP contribution in [0.15, 0.2) is 22.7 Å². The molecule has 0 aliphatic carbocycles. The molecule has 1 aromatic rings. The third-order valence-electron chi connectivity index (χ3n) is 1.80. The van der Waals surface area contributed by atoms with Crippen molar-refractivity contribution in [3.05, 3.63) is 28.2 Å². The van der Waals surface area contributed by atoms with E-state index >= 15 is 0 Å². The van der Waals surface area contributed by atoms with Crippen LogP contribution in [0.3, 0.4) is 0 Å². The predicted molar refractivity (Wildman–Crippen MR) is 66.6 cm³/mol. The van der Waals surface area contributed by atoms with E-state index in [9.17, 15) is 9.90 Å². The summed E-state index contributed by atoms with van der Waals surface area (Å²) < 4.78 is 0.583. The molecule has 0 aliphatic rings. The van der Waals surface area contributed by atoms with Crippen molar-refractivity contribution in [1.82, 2.24) is 5.32 Å². The van der Waals surface area contributed by atoms with Gasteiger partial charge < -0.3 is 10.4 Å². The Morgan fingerprint density at radius 3 is 2.80 bits per heavy atom. The minimum absolute atomic E-state index is 0.0724. The Balaban J connectivity index is 2.62. The van der Waals surface area contributed by atoms with Crippen molar-refractivity contribution in [3.8, 4) is 5.75 Å². The number of hydrogen-bond donors (Lipinski definition) is 2. The van der Waals surface area contributed by atoms with Crippen molar-refractivity contribution in [2.75, 3.05) is 11.9 Å². The minimum Gasteiger partial charge on any atom is -0.507 e. The van der Waals surface area contributed by atoms with E-state index in [1.54, 1.807) is 12.1 Å². The second-order valence-electron chi connectivity index (χ2n) is 2.96. The van der Waals surface area contributed by atoms with Gasteiger partial charge in [0.1, 0.15) is 5.75 Å². The van der Waals surface area contributed by atoms with E-state index < -0.39 is 0 Å². The second-order valence-corrected chi connectivity index (χ2v) is 4.61. The molecule has 1 rings (SSSR count). The molecule has 0 heterocycles. The van der Waals surface area contributed by atoms with Gasteiger partial charge in [0.25, 0.3) is 5.91 Å². The van der Waals surface area contributed by atoms with Crippen LogP contribution in [0.2, 0.25) is 0 Å². The number of halogens is 2. The first-order valence-electron chi connectivity index (χ1n) is 4.48. The number of phenolic OH excluding ortho intramolecular Hbond substituents is 1. The van der Waals surface area contributed by atoms with E-state index in [1.807, 2.05) is 0 Å². The molecule has 0 saturated heterocycles. The lowest BCUT2D eigenvalue weighted by Gasteiger charge is -2.04. The summed E-state index contributed by atoms with van der Waals surface area (Å²) in [5.74, 6) is -0.0955. The number of carbonyl (C=O) groups excluding carboxylic acids is 1. The molecule has 0 spiro atoms. The highest BCUT2D eigenvalue weighted by Gasteiger charge is 2.06. The SMILES string of the molecule is O=C(NCCCBr)c1ccc(Br)c(O)c1. The number of nitrogens with one attached hydrogen (secondary N) is 1. The van der Waals surface area contributed by atoms with Crippen LogP contribution in [0, 0.1) is 0 Å². The van der Waals surface area contributed by atoms with Crippen LogP contribution < -0.4 is 5.32 Å². The lowest BCUT2D eigenvalue weighted by Crippen LogP contribution is -2.24. The molecule has 82 valence electrons. The van der Waals surface area contributed by atoms with Gasteiger partial charge in [-0.05, 0) is 40.5 Å². The molecule has 0 aliphatic heterocycles. The van der Waals surface area contributed by atoms with Crippen molar-refractivity contribution in [2.45, 2.75) is 6.42 Å². The lowest BCUT2D eigenvalue weighted by atomic mass is 10.2. The molecule has 3 nitrogen and oxygen atoms in total. The molecule has 1 aromatic carbocycles. The normalized spacial score (nSPS) is 10.0. The Morgan fingerprint density at radius 1 is 1.47 bits per heavy atom. The zero-order valence-electron chi connectivity index (χ0n) is 7.96. The van der Waals surface area contributed by atoms with Gasteiger partial charge in [0.05, 0.1) is 4.47 Å². The minimum atomic E-state index is -0.168. The van der Waals surface area contributed by atoms with E-state index in [2.05, 4.69) is 37.2 Å². The van der Waals surface area contributed by atoms with Gasteiger partial charge in [-0.1, -0.05) is 15.9 Å². The summed E-state index contributed by atoms with van der Waals surface area (Å²) in [7, 11) is 0. The van der Waals surface area contributed by atoms with Crippen LogP contribution in [0.5, 0.6) is 5.75 Å². The molecule has 15 heavy (non-hydrogen) atoms. The number of carbonyl (C=O) groups is 1. The van der Waals surface area contributed by atoms with Gasteiger partial charge in [0, 0.05) is 17.4 Å². The Hall–Kier alpha value is -0.550. The third kappa shape index (κ3) is 3.83.